The summed E-state index contributed by atoms with van der Waals surface area (Å²) >= 11 is 1.63. The Kier molecular flexibility index (Phi) is 3.02. The molecule has 0 unspecified atom stereocenters. The largest absolute Gasteiger partial charge is 0.289 e. The maximum Gasteiger partial charge on any atom is 0.195 e. The summed E-state index contributed by atoms with van der Waals surface area (Å²) in [4.78, 5) is 12.2. The molecule has 0 spiro atoms. The molecule has 0 fully saturated rings. The van der Waals surface area contributed by atoms with Crippen LogP contribution in [0.5, 0.6) is 0 Å². The maximum absolute atomic E-state index is 12.2. The van der Waals surface area contributed by atoms with Gasteiger partial charge in [-0.05, 0) is 19.1 Å². The maximum atomic E-state index is 12.2. The highest BCUT2D eigenvalue weighted by molar-refractivity contribution is 7.16. The Morgan fingerprint density at radius 2 is 2.06 bits per heavy atom. The number of hydrogen-bond donors (Lipinski definition) is 0. The summed E-state index contributed by atoms with van der Waals surface area (Å²) in [5.74, 6) is 0. The molecule has 0 N–H and O–H groups in total. The third-order valence-electron chi connectivity index (χ3n) is 2.41. The first-order chi connectivity index (χ1) is 7.77. The Bertz CT molecular complexity index is 708. The van der Waals surface area contributed by atoms with Gasteiger partial charge in [-0.1, -0.05) is 36.9 Å². The van der Waals surface area contributed by atoms with Gasteiger partial charge in [-0.25, -0.2) is 0 Å². The first-order valence-corrected chi connectivity index (χ1v) is 5.90. The molecule has 0 aliphatic carbocycles. The normalized spacial score (nSPS) is 13.3. The molecule has 0 radical (unpaired) electrons. The van der Waals surface area contributed by atoms with Gasteiger partial charge in [0.15, 0.2) is 5.43 Å². The molecule has 16 heavy (non-hydrogen) atoms. The van der Waals surface area contributed by atoms with Gasteiger partial charge in [0.25, 0.3) is 0 Å². The monoisotopic (exact) mass is 228 g/mol. The van der Waals surface area contributed by atoms with E-state index in [2.05, 4.69) is 6.58 Å². The third-order valence-corrected chi connectivity index (χ3v) is 3.66. The van der Waals surface area contributed by atoms with Crippen molar-refractivity contribution < 1.29 is 0 Å². The molecule has 2 heteroatoms. The van der Waals surface area contributed by atoms with Crippen LogP contribution in [0.25, 0.3) is 22.2 Å². The van der Waals surface area contributed by atoms with Gasteiger partial charge in [0, 0.05) is 19.8 Å². The van der Waals surface area contributed by atoms with Gasteiger partial charge < -0.3 is 0 Å². The fourth-order valence-electron chi connectivity index (χ4n) is 1.66. The zero-order chi connectivity index (χ0) is 11.5. The molecule has 1 nitrogen and oxygen atoms in total. The second-order valence-corrected chi connectivity index (χ2v) is 4.48. The van der Waals surface area contributed by atoms with E-state index in [1.807, 2.05) is 37.3 Å². The van der Waals surface area contributed by atoms with Gasteiger partial charge >= 0.3 is 0 Å². The van der Waals surface area contributed by atoms with E-state index in [0.29, 0.717) is 0 Å². The number of benzene rings is 1. The molecule has 2 rings (SSSR count). The van der Waals surface area contributed by atoms with E-state index >= 15 is 0 Å². The van der Waals surface area contributed by atoms with Gasteiger partial charge in [-0.3, -0.25) is 4.79 Å². The topological polar surface area (TPSA) is 17.1 Å². The lowest BCUT2D eigenvalue weighted by Crippen LogP contribution is -2.36. The van der Waals surface area contributed by atoms with Crippen molar-refractivity contribution in [3.63, 3.8) is 0 Å². The van der Waals surface area contributed by atoms with Gasteiger partial charge in [0.1, 0.15) is 0 Å². The molecule has 0 atom stereocenters. The molecule has 0 saturated carbocycles. The molecule has 0 saturated heterocycles. The average Bonchev–Trinajstić information content (AvgIpc) is 2.33. The average molecular weight is 228 g/mol. The van der Waals surface area contributed by atoms with Crippen LogP contribution < -0.4 is 15.2 Å². The van der Waals surface area contributed by atoms with Crippen LogP contribution in [-0.2, 0) is 0 Å². The molecule has 0 bridgehead atoms. The van der Waals surface area contributed by atoms with E-state index in [-0.39, 0.29) is 5.43 Å². The Labute approximate surface area is 97.7 Å². The highest BCUT2D eigenvalue weighted by atomic mass is 32.1. The minimum atomic E-state index is 0.0855. The molecule has 1 heterocycles. The van der Waals surface area contributed by atoms with Crippen LogP contribution in [0.4, 0.5) is 0 Å². The summed E-state index contributed by atoms with van der Waals surface area (Å²) in [6, 6.07) is 7.69. The highest BCUT2D eigenvalue weighted by Gasteiger charge is 2.00. The molecule has 0 aliphatic heterocycles. The van der Waals surface area contributed by atoms with Crippen LogP contribution in [0.1, 0.15) is 6.92 Å². The lowest BCUT2D eigenvalue weighted by Gasteiger charge is -1.96. The van der Waals surface area contributed by atoms with E-state index in [1.54, 1.807) is 23.5 Å². The molecule has 1 aromatic heterocycles. The van der Waals surface area contributed by atoms with Crippen LogP contribution in [0.2, 0.25) is 0 Å². The fraction of sp³-hybridized carbons (Fsp3) is 0.0714. The highest BCUT2D eigenvalue weighted by Crippen LogP contribution is 2.09. The molecular formula is C14H12OS. The Balaban J connectivity index is 3.13. The second kappa shape index (κ2) is 4.45. The predicted molar refractivity (Wildman–Crippen MR) is 72.1 cm³/mol. The van der Waals surface area contributed by atoms with E-state index in [0.717, 1.165) is 19.8 Å². The first-order valence-electron chi connectivity index (χ1n) is 5.09. The molecule has 1 aromatic carbocycles. The lowest BCUT2D eigenvalue weighted by atomic mass is 10.2. The van der Waals surface area contributed by atoms with Crippen LogP contribution in [0.15, 0.2) is 41.7 Å². The van der Waals surface area contributed by atoms with Crippen LogP contribution in [-0.4, -0.2) is 0 Å². The summed E-state index contributed by atoms with van der Waals surface area (Å²) in [5.41, 5.74) is 0.0855. The zero-order valence-electron chi connectivity index (χ0n) is 9.07. The predicted octanol–water partition coefficient (Wildman–Crippen LogP) is 2.03. The van der Waals surface area contributed by atoms with Crippen molar-refractivity contribution in [2.45, 2.75) is 6.92 Å². The molecule has 0 amide bonds. The Morgan fingerprint density at radius 3 is 2.75 bits per heavy atom. The van der Waals surface area contributed by atoms with E-state index < -0.39 is 0 Å². The van der Waals surface area contributed by atoms with Crippen LogP contribution in [0.3, 0.4) is 0 Å². The lowest BCUT2D eigenvalue weighted by molar-refractivity contribution is 1.56. The van der Waals surface area contributed by atoms with Crippen molar-refractivity contribution in [3.05, 3.63) is 56.9 Å². The quantitative estimate of drug-likeness (QED) is 0.730. The van der Waals surface area contributed by atoms with Crippen molar-refractivity contribution in [1.82, 2.24) is 0 Å². The number of allylic oxidation sites excluding steroid dienone is 1. The first kappa shape index (κ1) is 10.8. The number of hydrogen-bond acceptors (Lipinski definition) is 2. The fourth-order valence-corrected chi connectivity index (χ4v) is 2.71. The van der Waals surface area contributed by atoms with Gasteiger partial charge in [-0.15, -0.1) is 11.3 Å². The summed E-state index contributed by atoms with van der Waals surface area (Å²) < 4.78 is 2.03. The van der Waals surface area contributed by atoms with Crippen molar-refractivity contribution in [2.75, 3.05) is 0 Å². The zero-order valence-corrected chi connectivity index (χ0v) is 9.88. The SMILES string of the molecule is C=C/C=c1/c(=O)c2ccccc2s/c1=C/C. The minimum Gasteiger partial charge on any atom is -0.289 e. The minimum absolute atomic E-state index is 0.0855. The van der Waals surface area contributed by atoms with E-state index in [1.165, 1.54) is 0 Å². The van der Waals surface area contributed by atoms with Crippen LogP contribution in [0, 0.1) is 0 Å². The molecule has 0 aliphatic rings. The Morgan fingerprint density at radius 1 is 1.31 bits per heavy atom. The third kappa shape index (κ3) is 1.72. The number of fused-ring (bicyclic) bond motifs is 1. The molecular weight excluding hydrogens is 216 g/mol. The molecule has 2 aromatic rings. The Hall–Kier alpha value is -1.67. The summed E-state index contributed by atoms with van der Waals surface area (Å²) in [6.45, 7) is 5.59. The number of rotatable bonds is 1. The van der Waals surface area contributed by atoms with Crippen LogP contribution >= 0.6 is 11.3 Å². The van der Waals surface area contributed by atoms with Crippen molar-refractivity contribution in [2.24, 2.45) is 0 Å². The molecule has 80 valence electrons. The van der Waals surface area contributed by atoms with Crippen molar-refractivity contribution in [1.29, 1.82) is 0 Å². The van der Waals surface area contributed by atoms with Gasteiger partial charge in [0.2, 0.25) is 0 Å². The van der Waals surface area contributed by atoms with Crippen molar-refractivity contribution in [3.8, 4) is 0 Å². The van der Waals surface area contributed by atoms with Gasteiger partial charge in [0.05, 0.1) is 0 Å². The summed E-state index contributed by atoms with van der Waals surface area (Å²) in [7, 11) is 0. The summed E-state index contributed by atoms with van der Waals surface area (Å²) in [6.07, 6.45) is 5.40. The summed E-state index contributed by atoms with van der Waals surface area (Å²) in [5, 5.41) is 1.52. The van der Waals surface area contributed by atoms with E-state index in [9.17, 15) is 4.79 Å². The van der Waals surface area contributed by atoms with Gasteiger partial charge in [-0.2, -0.15) is 0 Å². The second-order valence-electron chi connectivity index (χ2n) is 3.40. The van der Waals surface area contributed by atoms with Crippen molar-refractivity contribution >= 4 is 33.6 Å². The smallest absolute Gasteiger partial charge is 0.195 e. The van der Waals surface area contributed by atoms with E-state index in [4.69, 9.17) is 0 Å². The standard InChI is InChI=1S/C14H12OS/c1-3-7-10-12(4-2)16-13-9-6-5-8-11(13)14(10)15/h3-9H,1H2,2H3/b10-7+,12-4+.